The van der Waals surface area contributed by atoms with Crippen molar-refractivity contribution >= 4 is 38.3 Å². The van der Waals surface area contributed by atoms with Crippen molar-refractivity contribution in [2.45, 2.75) is 29.7 Å². The quantitative estimate of drug-likeness (QED) is 0.248. The molecule has 0 spiro atoms. The molecule has 0 radical (unpaired) electrons. The molecule has 1 aliphatic carbocycles. The lowest BCUT2D eigenvalue weighted by molar-refractivity contribution is 0.00491. The number of anilines is 3. The van der Waals surface area contributed by atoms with Crippen molar-refractivity contribution in [2.75, 3.05) is 58.2 Å². The van der Waals surface area contributed by atoms with Crippen LogP contribution in [0.5, 0.6) is 17.2 Å². The van der Waals surface area contributed by atoms with E-state index < -0.39 is 10.0 Å². The van der Waals surface area contributed by atoms with E-state index in [1.54, 1.807) is 24.3 Å². The number of methoxy groups -OCH3 is 3. The van der Waals surface area contributed by atoms with Gasteiger partial charge in [-0.05, 0) is 43.7 Å². The van der Waals surface area contributed by atoms with Gasteiger partial charge in [0, 0.05) is 30.3 Å². The zero-order valence-electron chi connectivity index (χ0n) is 23.2. The number of rotatable bonds is 10. The minimum absolute atomic E-state index is 0.00534. The van der Waals surface area contributed by atoms with E-state index in [9.17, 15) is 8.42 Å². The third-order valence-corrected chi connectivity index (χ3v) is 8.84. The molecule has 13 nitrogen and oxygen atoms in total. The third kappa shape index (κ3) is 5.25. The average molecular weight is 585 g/mol. The minimum Gasteiger partial charge on any atom is -0.495 e. The summed E-state index contributed by atoms with van der Waals surface area (Å²) in [4.78, 5) is 1.98. The van der Waals surface area contributed by atoms with Crippen LogP contribution in [0.3, 0.4) is 0 Å². The van der Waals surface area contributed by atoms with Gasteiger partial charge in [0.2, 0.25) is 0 Å². The SMILES string of the molecule is COc1cc2c(NS(=O)(=O)c3c(OC)cc([C@H]4COCCN4C)cc3OC)noc2cc1Nc1cc(C2CC2)[nH]n1. The maximum absolute atomic E-state index is 13.7. The summed E-state index contributed by atoms with van der Waals surface area (Å²) in [7, 11) is 2.10. The Bertz CT molecular complexity index is 1660. The summed E-state index contributed by atoms with van der Waals surface area (Å²) in [6.45, 7) is 1.86. The van der Waals surface area contributed by atoms with Crippen LogP contribution < -0.4 is 24.2 Å². The molecule has 2 aromatic carbocycles. The van der Waals surface area contributed by atoms with Crippen LogP contribution in [0.1, 0.15) is 36.1 Å². The van der Waals surface area contributed by atoms with Crippen molar-refractivity contribution in [1.29, 1.82) is 0 Å². The highest BCUT2D eigenvalue weighted by Crippen LogP contribution is 2.42. The first-order valence-corrected chi connectivity index (χ1v) is 14.7. The number of H-pyrrole nitrogens is 1. The second kappa shape index (κ2) is 10.8. The first-order chi connectivity index (χ1) is 19.8. The number of hydrogen-bond acceptors (Lipinski definition) is 11. The molecule has 41 heavy (non-hydrogen) atoms. The van der Waals surface area contributed by atoms with Crippen LogP contribution >= 0.6 is 0 Å². The van der Waals surface area contributed by atoms with Gasteiger partial charge in [-0.2, -0.15) is 5.10 Å². The highest BCUT2D eigenvalue weighted by molar-refractivity contribution is 7.93. The number of benzene rings is 2. The highest BCUT2D eigenvalue weighted by Gasteiger charge is 2.31. The molecule has 1 aliphatic heterocycles. The standard InChI is InChI=1S/C27H32N6O7S/c1-33-7-8-39-14-20(33)16-9-23(37-3)26(24(10-16)38-4)41(34,35)32-27-17-11-22(36-2)19(12-21(17)40-31-27)28-25-13-18(29-30-25)15-5-6-15/h9-13,15,20H,5-8,14H2,1-4H3,(H,31,32)(H2,28,29,30)/t20-/m1/s1. The van der Waals surface area contributed by atoms with Crippen LogP contribution in [0.2, 0.25) is 0 Å². The van der Waals surface area contributed by atoms with Crippen LogP contribution in [0, 0.1) is 0 Å². The summed E-state index contributed by atoms with van der Waals surface area (Å²) in [6.07, 6.45) is 2.31. The van der Waals surface area contributed by atoms with Gasteiger partial charge in [0.15, 0.2) is 22.1 Å². The first-order valence-electron chi connectivity index (χ1n) is 13.2. The first kappa shape index (κ1) is 27.2. The third-order valence-electron chi connectivity index (χ3n) is 7.43. The molecule has 1 saturated carbocycles. The Labute approximate surface area is 237 Å². The van der Waals surface area contributed by atoms with Crippen LogP contribution in [0.4, 0.5) is 17.3 Å². The van der Waals surface area contributed by atoms with E-state index in [2.05, 4.69) is 30.3 Å². The van der Waals surface area contributed by atoms with E-state index >= 15 is 0 Å². The number of hydrogen-bond donors (Lipinski definition) is 3. The molecule has 1 saturated heterocycles. The van der Waals surface area contributed by atoms with Crippen molar-refractivity contribution < 1.29 is 31.9 Å². The minimum atomic E-state index is -4.24. The average Bonchev–Trinajstić information content (AvgIpc) is 3.61. The van der Waals surface area contributed by atoms with Gasteiger partial charge in [0.25, 0.3) is 10.0 Å². The second-order valence-electron chi connectivity index (χ2n) is 10.1. The summed E-state index contributed by atoms with van der Waals surface area (Å²) in [6, 6.07) is 8.61. The number of likely N-dealkylation sites (N-methyl/N-ethyl adjacent to an activating group) is 1. The Morgan fingerprint density at radius 2 is 1.76 bits per heavy atom. The Hall–Kier alpha value is -4.01. The molecule has 0 amide bonds. The van der Waals surface area contributed by atoms with Crippen molar-refractivity contribution in [1.82, 2.24) is 20.3 Å². The van der Waals surface area contributed by atoms with Crippen LogP contribution in [0.15, 0.2) is 39.8 Å². The lowest BCUT2D eigenvalue weighted by Crippen LogP contribution is -2.36. The van der Waals surface area contributed by atoms with Crippen molar-refractivity contribution in [3.05, 3.63) is 41.6 Å². The van der Waals surface area contributed by atoms with Crippen molar-refractivity contribution in [3.8, 4) is 17.2 Å². The smallest absolute Gasteiger partial charge is 0.270 e. The summed E-state index contributed by atoms with van der Waals surface area (Å²) < 4.78 is 57.8. The highest BCUT2D eigenvalue weighted by atomic mass is 32.2. The zero-order chi connectivity index (χ0) is 28.7. The van der Waals surface area contributed by atoms with Gasteiger partial charge in [-0.15, -0.1) is 0 Å². The fourth-order valence-corrected chi connectivity index (χ4v) is 6.34. The van der Waals surface area contributed by atoms with E-state index in [0.717, 1.165) is 30.6 Å². The summed E-state index contributed by atoms with van der Waals surface area (Å²) >= 11 is 0. The zero-order valence-corrected chi connectivity index (χ0v) is 24.0. The Balaban J connectivity index is 1.31. The van der Waals surface area contributed by atoms with Crippen molar-refractivity contribution in [3.63, 3.8) is 0 Å². The molecule has 4 aromatic rings. The maximum atomic E-state index is 13.7. The van der Waals surface area contributed by atoms with E-state index in [-0.39, 0.29) is 28.3 Å². The van der Waals surface area contributed by atoms with Gasteiger partial charge >= 0.3 is 0 Å². The topological polar surface area (TPSA) is 153 Å². The van der Waals surface area contributed by atoms with Crippen LogP contribution in [0.25, 0.3) is 11.0 Å². The monoisotopic (exact) mass is 584 g/mol. The number of ether oxygens (including phenoxy) is 4. The molecule has 14 heteroatoms. The van der Waals surface area contributed by atoms with Crippen molar-refractivity contribution in [2.24, 2.45) is 0 Å². The number of nitrogens with zero attached hydrogens (tertiary/aromatic N) is 3. The van der Waals surface area contributed by atoms with Gasteiger partial charge in [0.05, 0.1) is 51.7 Å². The van der Waals surface area contributed by atoms with E-state index in [4.69, 9.17) is 23.5 Å². The van der Waals surface area contributed by atoms with Gasteiger partial charge in [-0.3, -0.25) is 14.7 Å². The molecule has 1 atom stereocenters. The second-order valence-corrected chi connectivity index (χ2v) is 11.7. The summed E-state index contributed by atoms with van der Waals surface area (Å²) in [5, 5.41) is 15.0. The number of sulfonamides is 1. The molecular formula is C27H32N6O7S. The normalized spacial score (nSPS) is 17.9. The molecular weight excluding hydrogens is 552 g/mol. The fraction of sp³-hybridized carbons (Fsp3) is 0.407. The molecule has 0 bridgehead atoms. The van der Waals surface area contributed by atoms with Gasteiger partial charge in [-0.25, -0.2) is 8.42 Å². The Morgan fingerprint density at radius 3 is 2.41 bits per heavy atom. The van der Waals surface area contributed by atoms with Gasteiger partial charge in [-0.1, -0.05) is 5.16 Å². The number of nitrogens with one attached hydrogen (secondary N) is 3. The molecule has 6 rings (SSSR count). The lowest BCUT2D eigenvalue weighted by Gasteiger charge is -2.33. The largest absolute Gasteiger partial charge is 0.495 e. The van der Waals surface area contributed by atoms with E-state index in [0.29, 0.717) is 47.4 Å². The lowest BCUT2D eigenvalue weighted by atomic mass is 10.0. The van der Waals surface area contributed by atoms with Crippen LogP contribution in [-0.4, -0.2) is 76.8 Å². The number of morpholine rings is 1. The molecule has 2 aliphatic rings. The fourth-order valence-electron chi connectivity index (χ4n) is 5.02. The predicted octanol–water partition coefficient (Wildman–Crippen LogP) is 4.00. The Kier molecular flexibility index (Phi) is 7.13. The molecule has 0 unspecified atom stereocenters. The number of aromatic amines is 1. The summed E-state index contributed by atoms with van der Waals surface area (Å²) in [5.41, 5.74) is 2.84. The Morgan fingerprint density at radius 1 is 1.02 bits per heavy atom. The van der Waals surface area contributed by atoms with Gasteiger partial charge in [0.1, 0.15) is 17.2 Å². The molecule has 3 N–H and O–H groups in total. The van der Waals surface area contributed by atoms with Gasteiger partial charge < -0.3 is 28.8 Å². The predicted molar refractivity (Wildman–Crippen MR) is 151 cm³/mol. The summed E-state index contributed by atoms with van der Waals surface area (Å²) in [5.74, 6) is 1.88. The van der Waals surface area contributed by atoms with E-state index in [1.807, 2.05) is 13.1 Å². The molecule has 2 aromatic heterocycles. The number of fused-ring (bicyclic) bond motifs is 1. The molecule has 3 heterocycles. The van der Waals surface area contributed by atoms with E-state index in [1.165, 1.54) is 21.3 Å². The maximum Gasteiger partial charge on any atom is 0.270 e. The molecule has 2 fully saturated rings. The van der Waals surface area contributed by atoms with Crippen LogP contribution in [-0.2, 0) is 14.8 Å². The molecule has 218 valence electrons. The number of aromatic nitrogens is 3.